The van der Waals surface area contributed by atoms with Crippen LogP contribution in [0.1, 0.15) is 33.6 Å². The Morgan fingerprint density at radius 2 is 2.17 bits per heavy atom. The second kappa shape index (κ2) is 2.51. The molecule has 2 rings (SSSR count). The molecular weight excluding hydrogens is 147 g/mol. The lowest BCUT2D eigenvalue weighted by Gasteiger charge is -2.32. The fourth-order valence-corrected chi connectivity index (χ4v) is 3.37. The standard InChI is InChI=1S/C10H17BO/c1-4-10-5-6(2)8(7(10)3)9(11)12-10/h6-9H,4-5H2,1-3H3/t6-,7?,8-,9+,10-/m0/s1. The minimum Gasteiger partial charge on any atom is -0.381 e. The van der Waals surface area contributed by atoms with Gasteiger partial charge in [-0.2, -0.15) is 0 Å². The van der Waals surface area contributed by atoms with Gasteiger partial charge in [-0.15, -0.1) is 0 Å². The normalized spacial score (nSPS) is 57.9. The predicted octanol–water partition coefficient (Wildman–Crippen LogP) is 1.95. The van der Waals surface area contributed by atoms with Crippen LogP contribution in [0, 0.1) is 17.8 Å². The molecule has 12 heavy (non-hydrogen) atoms. The minimum atomic E-state index is 0.00343. The Bertz CT molecular complexity index is 180. The van der Waals surface area contributed by atoms with Gasteiger partial charge in [-0.25, -0.2) is 0 Å². The van der Waals surface area contributed by atoms with Crippen LogP contribution in [0.2, 0.25) is 0 Å². The first-order chi connectivity index (χ1) is 5.60. The van der Waals surface area contributed by atoms with E-state index in [0.717, 1.165) is 12.3 Å². The van der Waals surface area contributed by atoms with E-state index in [-0.39, 0.29) is 11.6 Å². The summed E-state index contributed by atoms with van der Waals surface area (Å²) in [6.45, 7) is 6.81. The number of hydrogen-bond acceptors (Lipinski definition) is 1. The molecular formula is C10H17BO. The third kappa shape index (κ3) is 0.848. The summed E-state index contributed by atoms with van der Waals surface area (Å²) in [7, 11) is 5.94. The summed E-state index contributed by atoms with van der Waals surface area (Å²) in [6, 6.07) is 0.00343. The molecule has 2 aliphatic rings. The van der Waals surface area contributed by atoms with Gasteiger partial charge in [0, 0.05) is 6.00 Å². The van der Waals surface area contributed by atoms with Gasteiger partial charge < -0.3 is 4.74 Å². The molecule has 1 heterocycles. The average Bonchev–Trinajstić information content (AvgIpc) is 2.37. The van der Waals surface area contributed by atoms with Crippen molar-refractivity contribution < 1.29 is 4.74 Å². The van der Waals surface area contributed by atoms with E-state index >= 15 is 0 Å². The summed E-state index contributed by atoms with van der Waals surface area (Å²) < 4.78 is 5.86. The van der Waals surface area contributed by atoms with Crippen molar-refractivity contribution in [1.82, 2.24) is 0 Å². The van der Waals surface area contributed by atoms with Gasteiger partial charge in [0.1, 0.15) is 7.85 Å². The Kier molecular flexibility index (Phi) is 1.80. The zero-order valence-corrected chi connectivity index (χ0v) is 8.21. The van der Waals surface area contributed by atoms with Crippen molar-refractivity contribution in [2.24, 2.45) is 17.8 Å². The van der Waals surface area contributed by atoms with Crippen molar-refractivity contribution in [1.29, 1.82) is 0 Å². The molecule has 0 amide bonds. The van der Waals surface area contributed by atoms with Crippen LogP contribution < -0.4 is 0 Å². The lowest BCUT2D eigenvalue weighted by Crippen LogP contribution is -2.34. The zero-order chi connectivity index (χ0) is 8.93. The lowest BCUT2D eigenvalue weighted by molar-refractivity contribution is -0.0606. The molecule has 1 aliphatic heterocycles. The number of rotatable bonds is 1. The summed E-state index contributed by atoms with van der Waals surface area (Å²) in [5.41, 5.74) is 0.128. The molecule has 1 aliphatic carbocycles. The average molecular weight is 164 g/mol. The Hall–Kier alpha value is 0.0249. The Labute approximate surface area is 76.3 Å². The van der Waals surface area contributed by atoms with Gasteiger partial charge in [-0.3, -0.25) is 0 Å². The second-order valence-electron chi connectivity index (χ2n) is 4.55. The monoisotopic (exact) mass is 164 g/mol. The highest BCUT2D eigenvalue weighted by atomic mass is 16.5. The Balaban J connectivity index is 2.28. The highest BCUT2D eigenvalue weighted by Crippen LogP contribution is 2.55. The molecule has 5 atom stereocenters. The maximum atomic E-state index is 5.94. The van der Waals surface area contributed by atoms with Gasteiger partial charge in [-0.1, -0.05) is 20.8 Å². The zero-order valence-electron chi connectivity index (χ0n) is 8.21. The first-order valence-corrected chi connectivity index (χ1v) is 5.04. The van der Waals surface area contributed by atoms with Crippen LogP contribution in [-0.4, -0.2) is 19.5 Å². The molecule has 66 valence electrons. The largest absolute Gasteiger partial charge is 0.381 e. The summed E-state index contributed by atoms with van der Waals surface area (Å²) >= 11 is 0. The van der Waals surface area contributed by atoms with Crippen LogP contribution in [0.3, 0.4) is 0 Å². The summed E-state index contributed by atoms with van der Waals surface area (Å²) in [5.74, 6) is 2.01. The second-order valence-corrected chi connectivity index (χ2v) is 4.55. The third-order valence-corrected chi connectivity index (χ3v) is 4.08. The van der Waals surface area contributed by atoms with E-state index in [0.29, 0.717) is 11.8 Å². The first-order valence-electron chi connectivity index (χ1n) is 5.04. The van der Waals surface area contributed by atoms with Gasteiger partial charge in [0.15, 0.2) is 0 Å². The lowest BCUT2D eigenvalue weighted by atomic mass is 9.78. The van der Waals surface area contributed by atoms with Crippen LogP contribution in [-0.2, 0) is 4.74 Å². The van der Waals surface area contributed by atoms with Gasteiger partial charge >= 0.3 is 0 Å². The minimum absolute atomic E-state index is 0.00343. The van der Waals surface area contributed by atoms with Crippen molar-refractivity contribution in [2.45, 2.75) is 45.2 Å². The van der Waals surface area contributed by atoms with E-state index in [2.05, 4.69) is 20.8 Å². The van der Waals surface area contributed by atoms with Gasteiger partial charge in [0.25, 0.3) is 0 Å². The van der Waals surface area contributed by atoms with E-state index in [9.17, 15) is 0 Å². The maximum Gasteiger partial charge on any atom is 0.109 e. The predicted molar refractivity (Wildman–Crippen MR) is 50.1 cm³/mol. The molecule has 2 radical (unpaired) electrons. The van der Waals surface area contributed by atoms with E-state index in [1.807, 2.05) is 0 Å². The molecule has 1 nitrogen and oxygen atoms in total. The van der Waals surface area contributed by atoms with E-state index in [1.165, 1.54) is 6.42 Å². The van der Waals surface area contributed by atoms with Crippen molar-refractivity contribution in [3.8, 4) is 0 Å². The number of ether oxygens (including phenoxy) is 1. The molecule has 0 aromatic heterocycles. The highest BCUT2D eigenvalue weighted by Gasteiger charge is 2.57. The van der Waals surface area contributed by atoms with E-state index < -0.39 is 0 Å². The van der Waals surface area contributed by atoms with E-state index in [4.69, 9.17) is 12.6 Å². The molecule has 0 aromatic rings. The molecule has 2 bridgehead atoms. The van der Waals surface area contributed by atoms with Crippen molar-refractivity contribution >= 4 is 7.85 Å². The van der Waals surface area contributed by atoms with Gasteiger partial charge in [0.2, 0.25) is 0 Å². The molecule has 2 fully saturated rings. The molecule has 0 aromatic carbocycles. The molecule has 2 heteroatoms. The molecule has 1 saturated heterocycles. The highest BCUT2D eigenvalue weighted by molar-refractivity contribution is 6.11. The molecule has 1 unspecified atom stereocenters. The topological polar surface area (TPSA) is 9.23 Å². The van der Waals surface area contributed by atoms with Crippen LogP contribution in [0.15, 0.2) is 0 Å². The van der Waals surface area contributed by atoms with Gasteiger partial charge in [0.05, 0.1) is 5.60 Å². The van der Waals surface area contributed by atoms with Gasteiger partial charge in [-0.05, 0) is 30.6 Å². The van der Waals surface area contributed by atoms with Crippen molar-refractivity contribution in [3.63, 3.8) is 0 Å². The van der Waals surface area contributed by atoms with Crippen LogP contribution in [0.25, 0.3) is 0 Å². The number of fused-ring (bicyclic) bond motifs is 2. The van der Waals surface area contributed by atoms with Crippen LogP contribution >= 0.6 is 0 Å². The fourth-order valence-electron chi connectivity index (χ4n) is 3.37. The SMILES string of the molecule is [B][C@@H]1O[C@@]2(CC)C[C@H](C)[C@H]1C2C. The van der Waals surface area contributed by atoms with Crippen LogP contribution in [0.5, 0.6) is 0 Å². The third-order valence-electron chi connectivity index (χ3n) is 4.08. The summed E-state index contributed by atoms with van der Waals surface area (Å²) in [5, 5.41) is 0. The Morgan fingerprint density at radius 3 is 2.50 bits per heavy atom. The first kappa shape index (κ1) is 8.62. The Morgan fingerprint density at radius 1 is 1.50 bits per heavy atom. The summed E-state index contributed by atoms with van der Waals surface area (Å²) in [4.78, 5) is 0. The van der Waals surface area contributed by atoms with Crippen molar-refractivity contribution in [2.75, 3.05) is 0 Å². The molecule has 0 spiro atoms. The fraction of sp³-hybridized carbons (Fsp3) is 1.00. The number of hydrogen-bond donors (Lipinski definition) is 0. The summed E-state index contributed by atoms with van der Waals surface area (Å²) in [6.07, 6.45) is 2.33. The van der Waals surface area contributed by atoms with Crippen molar-refractivity contribution in [3.05, 3.63) is 0 Å². The quantitative estimate of drug-likeness (QED) is 0.538. The van der Waals surface area contributed by atoms with Crippen LogP contribution in [0.4, 0.5) is 0 Å². The maximum absolute atomic E-state index is 5.94. The molecule has 1 saturated carbocycles. The smallest absolute Gasteiger partial charge is 0.109 e. The molecule has 0 N–H and O–H groups in total. The van der Waals surface area contributed by atoms with E-state index in [1.54, 1.807) is 0 Å².